The Kier molecular flexibility index (Phi) is 9.48. The normalized spacial score (nSPS) is 14.4. The van der Waals surface area contributed by atoms with Gasteiger partial charge in [0.05, 0.1) is 5.75 Å². The summed E-state index contributed by atoms with van der Waals surface area (Å²) in [6.45, 7) is 2.32. The Morgan fingerprint density at radius 3 is 2.33 bits per heavy atom. The Hall–Kier alpha value is -2.76. The maximum atomic E-state index is 13.8. The second-order valence-electron chi connectivity index (χ2n) is 9.41. The van der Waals surface area contributed by atoms with Gasteiger partial charge in [-0.1, -0.05) is 90.7 Å². The fourth-order valence-corrected chi connectivity index (χ4v) is 5.57. The number of hydrogen-bond donors (Lipinski definition) is 1. The molecule has 1 atom stereocenters. The van der Waals surface area contributed by atoms with Crippen LogP contribution in [0.1, 0.15) is 42.4 Å². The highest BCUT2D eigenvalue weighted by Gasteiger charge is 2.32. The van der Waals surface area contributed by atoms with Crippen LogP contribution in [-0.2, 0) is 22.6 Å². The van der Waals surface area contributed by atoms with E-state index in [1.165, 1.54) is 17.3 Å². The van der Waals surface area contributed by atoms with E-state index < -0.39 is 6.04 Å². The third-order valence-electron chi connectivity index (χ3n) is 6.65. The summed E-state index contributed by atoms with van der Waals surface area (Å²) in [4.78, 5) is 30.2. The fourth-order valence-electron chi connectivity index (χ4n) is 4.59. The number of benzene rings is 3. The maximum absolute atomic E-state index is 13.8. The predicted octanol–water partition coefficient (Wildman–Crippen LogP) is 6.44. The maximum Gasteiger partial charge on any atom is 0.243 e. The molecule has 188 valence electrons. The number of hydrogen-bond acceptors (Lipinski definition) is 3. The van der Waals surface area contributed by atoms with Crippen molar-refractivity contribution in [1.82, 2.24) is 10.2 Å². The number of aryl methyl sites for hydroxylation is 1. The highest BCUT2D eigenvalue weighted by atomic mass is 35.5. The van der Waals surface area contributed by atoms with Crippen LogP contribution < -0.4 is 5.32 Å². The van der Waals surface area contributed by atoms with Gasteiger partial charge in [-0.15, -0.1) is 11.8 Å². The van der Waals surface area contributed by atoms with Crippen LogP contribution in [0.4, 0.5) is 0 Å². The van der Waals surface area contributed by atoms with Crippen molar-refractivity contribution >= 4 is 35.2 Å². The van der Waals surface area contributed by atoms with E-state index in [4.69, 9.17) is 11.6 Å². The van der Waals surface area contributed by atoms with Crippen LogP contribution in [0.2, 0.25) is 5.02 Å². The second-order valence-corrected chi connectivity index (χ2v) is 10.9. The molecule has 3 aromatic carbocycles. The Labute approximate surface area is 223 Å². The monoisotopic (exact) mass is 520 g/mol. The molecule has 2 amide bonds. The first-order valence-corrected chi connectivity index (χ1v) is 13.9. The molecule has 1 N–H and O–H groups in total. The zero-order valence-corrected chi connectivity index (χ0v) is 22.2. The highest BCUT2D eigenvalue weighted by molar-refractivity contribution is 8.00. The molecule has 0 saturated heterocycles. The molecular formula is C30H33ClN2O2S. The summed E-state index contributed by atoms with van der Waals surface area (Å²) in [5.41, 5.74) is 3.03. The van der Waals surface area contributed by atoms with Gasteiger partial charge < -0.3 is 10.2 Å². The zero-order chi connectivity index (χ0) is 25.3. The Balaban J connectivity index is 1.61. The van der Waals surface area contributed by atoms with E-state index >= 15 is 0 Å². The van der Waals surface area contributed by atoms with Gasteiger partial charge in [0.1, 0.15) is 6.04 Å². The number of nitrogens with one attached hydrogen (secondary N) is 1. The molecular weight excluding hydrogens is 488 g/mol. The number of halogens is 1. The van der Waals surface area contributed by atoms with Crippen LogP contribution in [0.5, 0.6) is 0 Å². The average molecular weight is 521 g/mol. The van der Waals surface area contributed by atoms with E-state index in [-0.39, 0.29) is 30.2 Å². The van der Waals surface area contributed by atoms with Gasteiger partial charge in [-0.3, -0.25) is 9.59 Å². The predicted molar refractivity (Wildman–Crippen MR) is 148 cm³/mol. The van der Waals surface area contributed by atoms with Gasteiger partial charge >= 0.3 is 0 Å². The first-order valence-electron chi connectivity index (χ1n) is 12.6. The molecule has 1 aliphatic carbocycles. The van der Waals surface area contributed by atoms with E-state index in [0.29, 0.717) is 11.4 Å². The summed E-state index contributed by atoms with van der Waals surface area (Å²) < 4.78 is 0. The van der Waals surface area contributed by atoms with E-state index in [1.807, 2.05) is 85.8 Å². The molecule has 3 aromatic rings. The quantitative estimate of drug-likeness (QED) is 0.313. The average Bonchev–Trinajstić information content (AvgIpc) is 3.40. The first-order chi connectivity index (χ1) is 17.5. The van der Waals surface area contributed by atoms with Gasteiger partial charge in [-0.05, 0) is 49.1 Å². The lowest BCUT2D eigenvalue weighted by atomic mass is 10.0. The molecule has 1 saturated carbocycles. The Morgan fingerprint density at radius 2 is 1.64 bits per heavy atom. The minimum absolute atomic E-state index is 0.0806. The van der Waals surface area contributed by atoms with Crippen molar-refractivity contribution < 1.29 is 9.59 Å². The molecule has 0 radical (unpaired) electrons. The SMILES string of the molecule is Cc1ccc(SCC(=O)N(Cc2ccccc2Cl)[C@H](Cc2ccccc2)C(=O)NC2CCCC2)cc1. The second kappa shape index (κ2) is 13.0. The van der Waals surface area contributed by atoms with Crippen LogP contribution in [0.25, 0.3) is 0 Å². The van der Waals surface area contributed by atoms with Crippen LogP contribution in [0, 0.1) is 6.92 Å². The van der Waals surface area contributed by atoms with Crippen molar-refractivity contribution in [3.05, 3.63) is 101 Å². The van der Waals surface area contributed by atoms with Crippen LogP contribution in [0.15, 0.2) is 83.8 Å². The third kappa shape index (κ3) is 7.37. The molecule has 0 unspecified atom stereocenters. The van der Waals surface area contributed by atoms with Crippen molar-refractivity contribution in [3.63, 3.8) is 0 Å². The molecule has 4 rings (SSSR count). The van der Waals surface area contributed by atoms with Crippen molar-refractivity contribution in [2.75, 3.05) is 5.75 Å². The fraction of sp³-hybridized carbons (Fsp3) is 0.333. The van der Waals surface area contributed by atoms with E-state index in [0.717, 1.165) is 41.7 Å². The lowest BCUT2D eigenvalue weighted by Gasteiger charge is -2.32. The van der Waals surface area contributed by atoms with Gasteiger partial charge in [-0.2, -0.15) is 0 Å². The number of rotatable bonds is 10. The van der Waals surface area contributed by atoms with Crippen LogP contribution in [-0.4, -0.2) is 34.6 Å². The van der Waals surface area contributed by atoms with Gasteiger partial charge in [0.2, 0.25) is 11.8 Å². The molecule has 0 heterocycles. The van der Waals surface area contributed by atoms with Crippen molar-refractivity contribution in [3.8, 4) is 0 Å². The molecule has 1 aliphatic rings. The minimum atomic E-state index is -0.629. The summed E-state index contributed by atoms with van der Waals surface area (Å²) in [6, 6.07) is 25.1. The first kappa shape index (κ1) is 26.3. The smallest absolute Gasteiger partial charge is 0.243 e. The highest BCUT2D eigenvalue weighted by Crippen LogP contribution is 2.24. The van der Waals surface area contributed by atoms with E-state index in [1.54, 1.807) is 4.90 Å². The number of amides is 2. The molecule has 0 spiro atoms. The van der Waals surface area contributed by atoms with Crippen molar-refractivity contribution in [2.45, 2.75) is 62.6 Å². The van der Waals surface area contributed by atoms with Crippen molar-refractivity contribution in [2.24, 2.45) is 0 Å². The summed E-state index contributed by atoms with van der Waals surface area (Å²) in [5, 5.41) is 3.84. The summed E-state index contributed by atoms with van der Waals surface area (Å²) in [7, 11) is 0. The topological polar surface area (TPSA) is 49.4 Å². The summed E-state index contributed by atoms with van der Waals surface area (Å²) in [5.74, 6) is 0.0738. The van der Waals surface area contributed by atoms with Gasteiger partial charge in [0.15, 0.2) is 0 Å². The Bertz CT molecular complexity index is 1150. The van der Waals surface area contributed by atoms with Gasteiger partial charge in [0, 0.05) is 28.9 Å². The number of carbonyl (C=O) groups excluding carboxylic acids is 2. The molecule has 4 nitrogen and oxygen atoms in total. The largest absolute Gasteiger partial charge is 0.352 e. The molecule has 0 aromatic heterocycles. The van der Waals surface area contributed by atoms with Crippen LogP contribution >= 0.6 is 23.4 Å². The lowest BCUT2D eigenvalue weighted by molar-refractivity contribution is -0.139. The van der Waals surface area contributed by atoms with Crippen molar-refractivity contribution in [1.29, 1.82) is 0 Å². The molecule has 1 fully saturated rings. The van der Waals surface area contributed by atoms with Gasteiger partial charge in [0.25, 0.3) is 0 Å². The molecule has 6 heteroatoms. The standard InChI is InChI=1S/C30H33ClN2O2S/c1-22-15-17-26(18-16-22)36-21-29(34)33(20-24-11-5-8-14-27(24)31)28(19-23-9-3-2-4-10-23)30(35)32-25-12-6-7-13-25/h2-5,8-11,14-18,25,28H,6-7,12-13,19-21H2,1H3,(H,32,35)/t28-/m1/s1. The third-order valence-corrected chi connectivity index (χ3v) is 8.02. The Morgan fingerprint density at radius 1 is 0.972 bits per heavy atom. The van der Waals surface area contributed by atoms with Gasteiger partial charge in [-0.25, -0.2) is 0 Å². The van der Waals surface area contributed by atoms with E-state index in [2.05, 4.69) is 5.32 Å². The number of nitrogens with zero attached hydrogens (tertiary/aromatic N) is 1. The molecule has 0 aliphatic heterocycles. The summed E-state index contributed by atoms with van der Waals surface area (Å²) in [6.07, 6.45) is 4.69. The minimum Gasteiger partial charge on any atom is -0.352 e. The zero-order valence-electron chi connectivity index (χ0n) is 20.7. The lowest BCUT2D eigenvalue weighted by Crippen LogP contribution is -2.52. The number of carbonyl (C=O) groups is 2. The molecule has 36 heavy (non-hydrogen) atoms. The summed E-state index contributed by atoms with van der Waals surface area (Å²) >= 11 is 7.99. The van der Waals surface area contributed by atoms with Crippen LogP contribution in [0.3, 0.4) is 0 Å². The molecule has 0 bridgehead atoms. The number of thioether (sulfide) groups is 1. The van der Waals surface area contributed by atoms with E-state index in [9.17, 15) is 9.59 Å².